The number of hydrogen-bond acceptors (Lipinski definition) is 6. The molecular weight excluding hydrogens is 360 g/mol. The number of aliphatic hydroxyl groups excluding tert-OH is 1. The van der Waals surface area contributed by atoms with Gasteiger partial charge in [0.25, 0.3) is 0 Å². The first kappa shape index (κ1) is 25.8. The number of rotatable bonds is 17. The second kappa shape index (κ2) is 16.5. The highest BCUT2D eigenvalue weighted by Gasteiger charge is 2.48. The first-order chi connectivity index (χ1) is 13.7. The average Bonchev–Trinajstić information content (AvgIpc) is 2.70. The van der Waals surface area contributed by atoms with Gasteiger partial charge in [0.15, 0.2) is 6.29 Å². The predicted molar refractivity (Wildman–Crippen MR) is 111 cm³/mol. The zero-order chi connectivity index (χ0) is 20.6. The van der Waals surface area contributed by atoms with E-state index in [1.165, 1.54) is 0 Å². The molecule has 0 aliphatic carbocycles. The predicted octanol–water partition coefficient (Wildman–Crippen LogP) is 4.08. The molecule has 168 valence electrons. The first-order valence-corrected chi connectivity index (χ1v) is 11.5. The third-order valence-corrected chi connectivity index (χ3v) is 4.98. The average molecular weight is 405 g/mol. The van der Waals surface area contributed by atoms with E-state index in [4.69, 9.17) is 23.7 Å². The van der Waals surface area contributed by atoms with Gasteiger partial charge in [-0.05, 0) is 25.7 Å². The van der Waals surface area contributed by atoms with E-state index >= 15 is 0 Å². The molecule has 6 heteroatoms. The van der Waals surface area contributed by atoms with Crippen LogP contribution in [0.1, 0.15) is 79.1 Å². The molecule has 28 heavy (non-hydrogen) atoms. The molecule has 0 aromatic rings. The quantitative estimate of drug-likeness (QED) is 0.369. The summed E-state index contributed by atoms with van der Waals surface area (Å²) in [5.41, 5.74) is 0. The van der Waals surface area contributed by atoms with Gasteiger partial charge in [0.1, 0.15) is 24.4 Å². The molecule has 1 rings (SSSR count). The summed E-state index contributed by atoms with van der Waals surface area (Å²) < 4.78 is 30.7. The van der Waals surface area contributed by atoms with Crippen molar-refractivity contribution in [2.45, 2.75) is 110 Å². The van der Waals surface area contributed by atoms with Gasteiger partial charge in [-0.25, -0.2) is 0 Å². The van der Waals surface area contributed by atoms with E-state index in [1.807, 2.05) is 0 Å². The summed E-state index contributed by atoms with van der Waals surface area (Å²) in [5, 5.41) is 9.94. The van der Waals surface area contributed by atoms with E-state index in [-0.39, 0.29) is 24.9 Å². The van der Waals surface area contributed by atoms with Crippen LogP contribution >= 0.6 is 0 Å². The lowest BCUT2D eigenvalue weighted by Gasteiger charge is -2.45. The van der Waals surface area contributed by atoms with Crippen molar-refractivity contribution in [3.8, 4) is 0 Å². The van der Waals surface area contributed by atoms with E-state index in [0.29, 0.717) is 26.4 Å². The Morgan fingerprint density at radius 1 is 0.607 bits per heavy atom. The zero-order valence-corrected chi connectivity index (χ0v) is 18.6. The highest BCUT2D eigenvalue weighted by molar-refractivity contribution is 4.93. The molecule has 1 fully saturated rings. The molecule has 1 N–H and O–H groups in total. The van der Waals surface area contributed by atoms with Crippen molar-refractivity contribution in [3.63, 3.8) is 0 Å². The van der Waals surface area contributed by atoms with Crippen LogP contribution in [0.3, 0.4) is 0 Å². The molecule has 0 saturated carbocycles. The van der Waals surface area contributed by atoms with Crippen molar-refractivity contribution in [2.75, 3.05) is 33.0 Å². The molecule has 0 spiro atoms. The van der Waals surface area contributed by atoms with Gasteiger partial charge in [0.2, 0.25) is 0 Å². The van der Waals surface area contributed by atoms with Crippen molar-refractivity contribution in [1.29, 1.82) is 0 Å². The van der Waals surface area contributed by atoms with Crippen LogP contribution in [-0.2, 0) is 23.7 Å². The van der Waals surface area contributed by atoms with Gasteiger partial charge in [-0.15, -0.1) is 0 Å². The second-order valence-corrected chi connectivity index (χ2v) is 7.52. The third kappa shape index (κ3) is 9.06. The van der Waals surface area contributed by atoms with E-state index < -0.39 is 12.4 Å². The monoisotopic (exact) mass is 404 g/mol. The molecule has 0 radical (unpaired) electrons. The van der Waals surface area contributed by atoms with Crippen molar-refractivity contribution in [2.24, 2.45) is 0 Å². The summed E-state index contributed by atoms with van der Waals surface area (Å²) in [5.74, 6) is 0. The Morgan fingerprint density at radius 2 is 1.04 bits per heavy atom. The summed E-state index contributed by atoms with van der Waals surface area (Å²) >= 11 is 0. The van der Waals surface area contributed by atoms with Crippen molar-refractivity contribution in [3.05, 3.63) is 0 Å². The Labute approximate surface area is 172 Å². The molecule has 1 aliphatic heterocycles. The maximum atomic E-state index is 9.94. The molecule has 0 bridgehead atoms. The summed E-state index contributed by atoms with van der Waals surface area (Å²) in [6, 6.07) is 0. The van der Waals surface area contributed by atoms with Gasteiger partial charge in [-0.1, -0.05) is 53.4 Å². The summed E-state index contributed by atoms with van der Waals surface area (Å²) in [4.78, 5) is 0. The highest BCUT2D eigenvalue weighted by atomic mass is 16.7. The van der Waals surface area contributed by atoms with Gasteiger partial charge >= 0.3 is 0 Å². The maximum absolute atomic E-state index is 9.94. The lowest BCUT2D eigenvalue weighted by Crippen LogP contribution is -2.62. The van der Waals surface area contributed by atoms with Crippen molar-refractivity contribution in [1.82, 2.24) is 0 Å². The Kier molecular flexibility index (Phi) is 15.2. The van der Waals surface area contributed by atoms with E-state index in [1.54, 1.807) is 0 Å². The Balaban J connectivity index is 2.94. The Hall–Kier alpha value is -0.240. The fourth-order valence-electron chi connectivity index (χ4n) is 3.16. The van der Waals surface area contributed by atoms with Crippen molar-refractivity contribution < 1.29 is 28.8 Å². The minimum atomic E-state index is -0.543. The normalized spacial score (nSPS) is 28.0. The molecule has 0 amide bonds. The van der Waals surface area contributed by atoms with Crippen molar-refractivity contribution >= 4 is 0 Å². The zero-order valence-electron chi connectivity index (χ0n) is 18.6. The van der Waals surface area contributed by atoms with Crippen LogP contribution < -0.4 is 0 Å². The summed E-state index contributed by atoms with van der Waals surface area (Å²) in [7, 11) is 0. The molecule has 6 nitrogen and oxygen atoms in total. The van der Waals surface area contributed by atoms with Gasteiger partial charge in [-0.3, -0.25) is 0 Å². The smallest absolute Gasteiger partial charge is 0.186 e. The standard InChI is InChI=1S/C22H44O6/c1-5-9-13-24-19-18(17-23)28-22(27-16-12-8-4)21(26-15-11-7-3)20(19)25-14-10-6-2/h18-23H,5-17H2,1-4H3/t18?,19-,20?,21+,22-/m1/s1. The van der Waals surface area contributed by atoms with Gasteiger partial charge in [0, 0.05) is 26.4 Å². The van der Waals surface area contributed by atoms with Crippen LogP contribution in [0, 0.1) is 0 Å². The lowest BCUT2D eigenvalue weighted by atomic mass is 9.98. The topological polar surface area (TPSA) is 66.4 Å². The third-order valence-electron chi connectivity index (χ3n) is 4.98. The van der Waals surface area contributed by atoms with Crippen LogP contribution in [0.15, 0.2) is 0 Å². The van der Waals surface area contributed by atoms with E-state index in [9.17, 15) is 5.11 Å². The minimum absolute atomic E-state index is 0.125. The number of ether oxygens (including phenoxy) is 5. The highest BCUT2D eigenvalue weighted by Crippen LogP contribution is 2.29. The van der Waals surface area contributed by atoms with Gasteiger partial charge in [-0.2, -0.15) is 0 Å². The van der Waals surface area contributed by atoms with Crippen LogP contribution in [0.25, 0.3) is 0 Å². The SMILES string of the molecule is CCCCOC1[C@H](OCCCC)C(CO)O[C@@H](OCCCC)[C@H]1OCCCC. The number of aliphatic hydroxyl groups is 1. The molecular formula is C22H44O6. The molecule has 1 heterocycles. The van der Waals surface area contributed by atoms with E-state index in [2.05, 4.69) is 27.7 Å². The number of hydrogen-bond donors (Lipinski definition) is 1. The molecule has 1 saturated heterocycles. The van der Waals surface area contributed by atoms with Gasteiger partial charge < -0.3 is 28.8 Å². The van der Waals surface area contributed by atoms with Crippen LogP contribution in [-0.4, -0.2) is 68.8 Å². The van der Waals surface area contributed by atoms with Crippen LogP contribution in [0.4, 0.5) is 0 Å². The maximum Gasteiger partial charge on any atom is 0.186 e. The summed E-state index contributed by atoms with van der Waals surface area (Å²) in [6.45, 7) is 10.9. The Morgan fingerprint density at radius 3 is 1.50 bits per heavy atom. The first-order valence-electron chi connectivity index (χ1n) is 11.5. The lowest BCUT2D eigenvalue weighted by molar-refractivity contribution is -0.322. The molecule has 1 aliphatic rings. The molecule has 2 unspecified atom stereocenters. The molecule has 0 aromatic carbocycles. The Bertz CT molecular complexity index is 354. The second-order valence-electron chi connectivity index (χ2n) is 7.52. The van der Waals surface area contributed by atoms with Crippen LogP contribution in [0.5, 0.6) is 0 Å². The van der Waals surface area contributed by atoms with Gasteiger partial charge in [0.05, 0.1) is 6.61 Å². The van der Waals surface area contributed by atoms with E-state index in [0.717, 1.165) is 51.4 Å². The fraction of sp³-hybridized carbons (Fsp3) is 1.00. The molecule has 0 aromatic heterocycles. The fourth-order valence-corrected chi connectivity index (χ4v) is 3.16. The summed E-state index contributed by atoms with van der Waals surface area (Å²) in [6.07, 6.45) is 6.08. The minimum Gasteiger partial charge on any atom is -0.394 e. The van der Waals surface area contributed by atoms with Crippen LogP contribution in [0.2, 0.25) is 0 Å². The molecule has 5 atom stereocenters. The largest absolute Gasteiger partial charge is 0.394 e. The number of unbranched alkanes of at least 4 members (excludes halogenated alkanes) is 4.